The molecule has 110 valence electrons. The quantitative estimate of drug-likeness (QED) is 0.908. The highest BCUT2D eigenvalue weighted by atomic mass is 19.4. The van der Waals surface area contributed by atoms with Crippen molar-refractivity contribution in [3.05, 3.63) is 53.7 Å². The van der Waals surface area contributed by atoms with Gasteiger partial charge in [-0.05, 0) is 42.3 Å². The molecule has 0 bridgehead atoms. The Morgan fingerprint density at radius 3 is 2.24 bits per heavy atom. The van der Waals surface area contributed by atoms with E-state index in [4.69, 9.17) is 5.73 Å². The summed E-state index contributed by atoms with van der Waals surface area (Å²) in [5.41, 5.74) is 6.77. The Bertz CT molecular complexity index is 620. The molecule has 0 saturated heterocycles. The van der Waals surface area contributed by atoms with Crippen molar-refractivity contribution in [3.63, 3.8) is 0 Å². The molecule has 0 amide bonds. The van der Waals surface area contributed by atoms with Crippen molar-refractivity contribution in [1.82, 2.24) is 4.98 Å². The Kier molecular flexibility index (Phi) is 3.33. The molecule has 1 saturated carbocycles. The zero-order chi connectivity index (χ0) is 15.0. The third kappa shape index (κ3) is 3.16. The normalized spacial score (nSPS) is 21.1. The summed E-state index contributed by atoms with van der Waals surface area (Å²) >= 11 is 0. The number of anilines is 2. The van der Waals surface area contributed by atoms with E-state index in [1.165, 1.54) is 12.1 Å². The summed E-state index contributed by atoms with van der Waals surface area (Å²) in [5.74, 6) is 0.977. The number of hydrogen-bond acceptors (Lipinski definition) is 3. The fourth-order valence-corrected chi connectivity index (χ4v) is 2.19. The van der Waals surface area contributed by atoms with Gasteiger partial charge in [-0.1, -0.05) is 6.07 Å². The van der Waals surface area contributed by atoms with Gasteiger partial charge in [-0.3, -0.25) is 0 Å². The summed E-state index contributed by atoms with van der Waals surface area (Å²) in [6.45, 7) is 0. The Hall–Kier alpha value is -2.08. The van der Waals surface area contributed by atoms with Crippen molar-refractivity contribution < 1.29 is 13.2 Å². The number of alkyl halides is 3. The van der Waals surface area contributed by atoms with E-state index in [0.29, 0.717) is 17.4 Å². The smallest absolute Gasteiger partial charge is 0.340 e. The van der Waals surface area contributed by atoms with Crippen LogP contribution < -0.4 is 11.1 Å². The molecule has 1 heterocycles. The fraction of sp³-hybridized carbons (Fsp3) is 0.267. The predicted octanol–water partition coefficient (Wildman–Crippen LogP) is 3.66. The van der Waals surface area contributed by atoms with Gasteiger partial charge in [0.2, 0.25) is 0 Å². The molecule has 0 aliphatic heterocycles. The Morgan fingerprint density at radius 2 is 1.76 bits per heavy atom. The second-order valence-electron chi connectivity index (χ2n) is 5.18. The molecule has 21 heavy (non-hydrogen) atoms. The molecule has 1 aromatic heterocycles. The van der Waals surface area contributed by atoms with Gasteiger partial charge in [-0.2, -0.15) is 13.2 Å². The number of hydrogen-bond donors (Lipinski definition) is 2. The Morgan fingerprint density at radius 1 is 1.10 bits per heavy atom. The van der Waals surface area contributed by atoms with Crippen molar-refractivity contribution in [1.29, 1.82) is 0 Å². The maximum absolute atomic E-state index is 12.5. The summed E-state index contributed by atoms with van der Waals surface area (Å²) in [6.07, 6.45) is -1.58. The van der Waals surface area contributed by atoms with Crippen molar-refractivity contribution in [3.8, 4) is 0 Å². The number of nitrogens with two attached hydrogens (primary N) is 1. The van der Waals surface area contributed by atoms with E-state index in [2.05, 4.69) is 10.3 Å². The van der Waals surface area contributed by atoms with E-state index >= 15 is 0 Å². The van der Waals surface area contributed by atoms with Crippen LogP contribution in [0.2, 0.25) is 0 Å². The highest BCUT2D eigenvalue weighted by Crippen LogP contribution is 2.38. The van der Waals surface area contributed by atoms with Crippen LogP contribution in [0.5, 0.6) is 0 Å². The number of halogens is 3. The monoisotopic (exact) mass is 293 g/mol. The Balaban J connectivity index is 1.68. The summed E-state index contributed by atoms with van der Waals surface area (Å²) in [5, 5.41) is 2.97. The highest BCUT2D eigenvalue weighted by Gasteiger charge is 2.34. The SMILES string of the molecule is N[C@H]1C[C@@H]1c1ccc(Nc2ccc(C(F)(F)F)cc2)nc1. The molecule has 1 aliphatic carbocycles. The van der Waals surface area contributed by atoms with E-state index in [-0.39, 0.29) is 6.04 Å². The first-order valence-corrected chi connectivity index (χ1v) is 6.59. The summed E-state index contributed by atoms with van der Waals surface area (Å²) in [7, 11) is 0. The van der Waals surface area contributed by atoms with Crippen LogP contribution in [-0.4, -0.2) is 11.0 Å². The average molecular weight is 293 g/mol. The lowest BCUT2D eigenvalue weighted by atomic mass is 10.2. The molecule has 2 atom stereocenters. The van der Waals surface area contributed by atoms with Gasteiger partial charge in [0.1, 0.15) is 5.82 Å². The van der Waals surface area contributed by atoms with Gasteiger partial charge in [0.05, 0.1) is 5.56 Å². The highest BCUT2D eigenvalue weighted by molar-refractivity contribution is 5.56. The molecular weight excluding hydrogens is 279 g/mol. The lowest BCUT2D eigenvalue weighted by molar-refractivity contribution is -0.137. The topological polar surface area (TPSA) is 50.9 Å². The fourth-order valence-electron chi connectivity index (χ4n) is 2.19. The first kappa shape index (κ1) is 13.9. The van der Waals surface area contributed by atoms with Crippen LogP contribution in [0.25, 0.3) is 0 Å². The second kappa shape index (κ2) is 5.04. The van der Waals surface area contributed by atoms with Crippen LogP contribution in [0.1, 0.15) is 23.5 Å². The lowest BCUT2D eigenvalue weighted by Crippen LogP contribution is -2.04. The van der Waals surface area contributed by atoms with Crippen molar-refractivity contribution in [2.45, 2.75) is 24.6 Å². The minimum atomic E-state index is -4.32. The van der Waals surface area contributed by atoms with Crippen LogP contribution in [0.15, 0.2) is 42.6 Å². The third-order valence-electron chi connectivity index (χ3n) is 3.54. The van der Waals surface area contributed by atoms with Crippen LogP contribution in [0.3, 0.4) is 0 Å². The number of nitrogens with zero attached hydrogens (tertiary/aromatic N) is 1. The van der Waals surface area contributed by atoms with E-state index in [9.17, 15) is 13.2 Å². The number of rotatable bonds is 3. The molecule has 1 fully saturated rings. The zero-order valence-electron chi connectivity index (χ0n) is 11.1. The number of pyridine rings is 1. The summed E-state index contributed by atoms with van der Waals surface area (Å²) < 4.78 is 37.4. The molecule has 0 unspecified atom stereocenters. The van der Waals surface area contributed by atoms with E-state index < -0.39 is 11.7 Å². The predicted molar refractivity (Wildman–Crippen MR) is 74.3 cm³/mol. The first-order chi connectivity index (χ1) is 9.93. The van der Waals surface area contributed by atoms with Crippen molar-refractivity contribution >= 4 is 11.5 Å². The minimum absolute atomic E-state index is 0.223. The molecule has 3 rings (SSSR count). The van der Waals surface area contributed by atoms with Gasteiger partial charge in [-0.25, -0.2) is 4.98 Å². The average Bonchev–Trinajstić information content (AvgIpc) is 3.16. The van der Waals surface area contributed by atoms with E-state index in [1.54, 1.807) is 12.3 Å². The lowest BCUT2D eigenvalue weighted by Gasteiger charge is -2.09. The maximum atomic E-state index is 12.5. The molecule has 2 aromatic rings. The van der Waals surface area contributed by atoms with Gasteiger partial charge in [0.25, 0.3) is 0 Å². The molecular formula is C15H14F3N3. The van der Waals surface area contributed by atoms with Crippen LogP contribution in [0.4, 0.5) is 24.7 Å². The number of nitrogens with one attached hydrogen (secondary N) is 1. The van der Waals surface area contributed by atoms with Crippen LogP contribution in [0, 0.1) is 0 Å². The van der Waals surface area contributed by atoms with Crippen molar-refractivity contribution in [2.75, 3.05) is 5.32 Å². The molecule has 0 radical (unpaired) electrons. The largest absolute Gasteiger partial charge is 0.416 e. The molecule has 0 spiro atoms. The first-order valence-electron chi connectivity index (χ1n) is 6.59. The number of aromatic nitrogens is 1. The van der Waals surface area contributed by atoms with Gasteiger partial charge >= 0.3 is 6.18 Å². The molecule has 3 N–H and O–H groups in total. The van der Waals surface area contributed by atoms with E-state index in [1.807, 2.05) is 6.07 Å². The van der Waals surface area contributed by atoms with Crippen molar-refractivity contribution in [2.24, 2.45) is 5.73 Å². The summed E-state index contributed by atoms with van der Waals surface area (Å²) in [6, 6.07) is 8.82. The van der Waals surface area contributed by atoms with Gasteiger partial charge in [0, 0.05) is 23.8 Å². The van der Waals surface area contributed by atoms with Gasteiger partial charge in [0.15, 0.2) is 0 Å². The van der Waals surface area contributed by atoms with Gasteiger partial charge in [-0.15, -0.1) is 0 Å². The third-order valence-corrected chi connectivity index (χ3v) is 3.54. The molecule has 3 nitrogen and oxygen atoms in total. The maximum Gasteiger partial charge on any atom is 0.416 e. The summed E-state index contributed by atoms with van der Waals surface area (Å²) in [4.78, 5) is 4.25. The van der Waals surface area contributed by atoms with E-state index in [0.717, 1.165) is 24.1 Å². The molecule has 1 aliphatic rings. The standard InChI is InChI=1S/C15H14F3N3/c16-15(17,18)10-2-4-11(5-3-10)21-14-6-1-9(8-20-14)12-7-13(12)19/h1-6,8,12-13H,7,19H2,(H,20,21)/t12-,13+/m1/s1. The molecule has 1 aromatic carbocycles. The van der Waals surface area contributed by atoms with Crippen LogP contribution >= 0.6 is 0 Å². The minimum Gasteiger partial charge on any atom is -0.340 e. The zero-order valence-corrected chi connectivity index (χ0v) is 11.1. The Labute approximate surface area is 120 Å². The molecule has 6 heteroatoms. The number of benzene rings is 1. The van der Waals surface area contributed by atoms with Gasteiger partial charge < -0.3 is 11.1 Å². The van der Waals surface area contributed by atoms with Crippen LogP contribution in [-0.2, 0) is 6.18 Å². The second-order valence-corrected chi connectivity index (χ2v) is 5.18.